The summed E-state index contributed by atoms with van der Waals surface area (Å²) in [5, 5.41) is 0. The van der Waals surface area contributed by atoms with E-state index in [4.69, 9.17) is 4.74 Å². The Balaban J connectivity index is 1.36. The van der Waals surface area contributed by atoms with E-state index in [9.17, 15) is 4.79 Å². The van der Waals surface area contributed by atoms with Gasteiger partial charge in [-0.2, -0.15) is 0 Å². The zero-order valence-electron chi connectivity index (χ0n) is 20.2. The molecule has 0 saturated heterocycles. The third-order valence-corrected chi connectivity index (χ3v) is 7.19. The number of esters is 1. The summed E-state index contributed by atoms with van der Waals surface area (Å²) in [7, 11) is 0. The fraction of sp³-hybridized carbons (Fsp3) is 0.567. The maximum atomic E-state index is 12.2. The maximum Gasteiger partial charge on any atom is 0.306 e. The number of unbranched alkanes of at least 4 members (excludes halogenated alkanes) is 1. The molecule has 0 heterocycles. The first-order valence-corrected chi connectivity index (χ1v) is 12.6. The molecule has 0 aromatic heterocycles. The van der Waals surface area contributed by atoms with Crippen molar-refractivity contribution in [2.75, 3.05) is 0 Å². The Bertz CT molecular complexity index is 839. The van der Waals surface area contributed by atoms with Gasteiger partial charge in [0.2, 0.25) is 0 Å². The smallest absolute Gasteiger partial charge is 0.306 e. The molecule has 32 heavy (non-hydrogen) atoms. The third kappa shape index (κ3) is 7.40. The summed E-state index contributed by atoms with van der Waals surface area (Å²) >= 11 is 0. The Morgan fingerprint density at radius 3 is 2.78 bits per heavy atom. The standard InChI is InChI=1S/C30H40O2/c1-4-5-12-23(2)13-11-17-27-19-20-28-21-25(22-29(27)28)14-9-10-18-30(31)32-24(3)26-15-7-6-8-16-26/h6-8,11,14-17,23-24,27-29H,9-10,12-13,18-22H2,1-3H3/b17-11+,25-14+. The van der Waals surface area contributed by atoms with Crippen molar-refractivity contribution in [3.63, 3.8) is 0 Å². The van der Waals surface area contributed by atoms with Crippen LogP contribution >= 0.6 is 0 Å². The van der Waals surface area contributed by atoms with Crippen LogP contribution in [-0.4, -0.2) is 5.97 Å². The number of carbonyl (C=O) groups is 1. The van der Waals surface area contributed by atoms with E-state index >= 15 is 0 Å². The van der Waals surface area contributed by atoms with Crippen LogP contribution in [0.3, 0.4) is 0 Å². The van der Waals surface area contributed by atoms with Crippen molar-refractivity contribution in [2.24, 2.45) is 23.7 Å². The number of hydrogen-bond acceptors (Lipinski definition) is 2. The fourth-order valence-corrected chi connectivity index (χ4v) is 5.33. The Labute approximate surface area is 195 Å². The summed E-state index contributed by atoms with van der Waals surface area (Å²) in [6.07, 6.45) is 16.9. The van der Waals surface area contributed by atoms with E-state index in [2.05, 4.69) is 37.0 Å². The van der Waals surface area contributed by atoms with Gasteiger partial charge in [0.15, 0.2) is 0 Å². The number of hydrogen-bond donors (Lipinski definition) is 0. The molecule has 5 unspecified atom stereocenters. The zero-order chi connectivity index (χ0) is 22.8. The lowest BCUT2D eigenvalue weighted by atomic mass is 9.91. The third-order valence-electron chi connectivity index (χ3n) is 7.19. The summed E-state index contributed by atoms with van der Waals surface area (Å²) in [6, 6.07) is 9.94. The lowest BCUT2D eigenvalue weighted by Gasteiger charge is -2.14. The molecule has 1 aromatic carbocycles. The van der Waals surface area contributed by atoms with Crippen LogP contribution in [0.1, 0.15) is 90.2 Å². The second-order valence-electron chi connectivity index (χ2n) is 9.77. The molecule has 172 valence electrons. The van der Waals surface area contributed by atoms with Gasteiger partial charge in [-0.25, -0.2) is 0 Å². The van der Waals surface area contributed by atoms with Crippen LogP contribution in [0.25, 0.3) is 0 Å². The Hall–Kier alpha value is -2.27. The van der Waals surface area contributed by atoms with Crippen LogP contribution in [0.15, 0.2) is 54.1 Å². The number of rotatable bonds is 10. The molecule has 0 aliphatic heterocycles. The van der Waals surface area contributed by atoms with Crippen LogP contribution in [-0.2, 0) is 9.53 Å². The quantitative estimate of drug-likeness (QED) is 0.163. The van der Waals surface area contributed by atoms with Gasteiger partial charge in [0.05, 0.1) is 0 Å². The van der Waals surface area contributed by atoms with Gasteiger partial charge >= 0.3 is 5.97 Å². The van der Waals surface area contributed by atoms with Crippen LogP contribution in [0, 0.1) is 35.5 Å². The Kier molecular flexibility index (Phi) is 9.66. The number of carbonyl (C=O) groups excluding carboxylic acids is 1. The highest BCUT2D eigenvalue weighted by Crippen LogP contribution is 2.50. The van der Waals surface area contributed by atoms with Gasteiger partial charge in [0.25, 0.3) is 0 Å². The molecular formula is C30H40O2. The van der Waals surface area contributed by atoms with E-state index in [1.807, 2.05) is 44.2 Å². The number of fused-ring (bicyclic) bond motifs is 1. The Morgan fingerprint density at radius 1 is 1.19 bits per heavy atom. The summed E-state index contributed by atoms with van der Waals surface area (Å²) < 4.78 is 5.58. The first kappa shape index (κ1) is 24.4. The van der Waals surface area contributed by atoms with Crippen LogP contribution in [0.5, 0.6) is 0 Å². The molecule has 2 heteroatoms. The molecule has 0 bridgehead atoms. The monoisotopic (exact) mass is 432 g/mol. The first-order chi connectivity index (χ1) is 15.6. The number of allylic oxidation sites excluding steroid dienone is 4. The van der Waals surface area contributed by atoms with Crippen molar-refractivity contribution in [2.45, 2.75) is 84.7 Å². The minimum Gasteiger partial charge on any atom is -0.458 e. The van der Waals surface area contributed by atoms with Gasteiger partial charge in [0, 0.05) is 12.8 Å². The van der Waals surface area contributed by atoms with E-state index in [0.717, 1.165) is 49.0 Å². The highest BCUT2D eigenvalue weighted by molar-refractivity contribution is 5.69. The molecule has 0 radical (unpaired) electrons. The second kappa shape index (κ2) is 12.7. The van der Waals surface area contributed by atoms with Crippen molar-refractivity contribution in [3.05, 3.63) is 59.7 Å². The molecule has 2 saturated carbocycles. The van der Waals surface area contributed by atoms with Gasteiger partial charge in [-0.1, -0.05) is 61.1 Å². The van der Waals surface area contributed by atoms with Gasteiger partial charge < -0.3 is 4.74 Å². The van der Waals surface area contributed by atoms with Crippen molar-refractivity contribution >= 4 is 5.97 Å². The number of ether oxygens (including phenoxy) is 1. The van der Waals surface area contributed by atoms with Crippen molar-refractivity contribution in [3.8, 4) is 11.8 Å². The summed E-state index contributed by atoms with van der Waals surface area (Å²) in [6.45, 7) is 6.16. The van der Waals surface area contributed by atoms with Crippen molar-refractivity contribution in [1.29, 1.82) is 0 Å². The molecule has 3 rings (SSSR count). The topological polar surface area (TPSA) is 26.3 Å². The lowest BCUT2D eigenvalue weighted by Crippen LogP contribution is -2.08. The number of benzene rings is 1. The van der Waals surface area contributed by atoms with Crippen molar-refractivity contribution < 1.29 is 9.53 Å². The first-order valence-electron chi connectivity index (χ1n) is 12.6. The predicted molar refractivity (Wildman–Crippen MR) is 133 cm³/mol. The lowest BCUT2D eigenvalue weighted by molar-refractivity contribution is -0.148. The molecule has 0 N–H and O–H groups in total. The van der Waals surface area contributed by atoms with E-state index in [-0.39, 0.29) is 12.1 Å². The molecule has 0 spiro atoms. The summed E-state index contributed by atoms with van der Waals surface area (Å²) in [5.74, 6) is 9.22. The summed E-state index contributed by atoms with van der Waals surface area (Å²) in [4.78, 5) is 12.2. The molecular weight excluding hydrogens is 392 g/mol. The largest absolute Gasteiger partial charge is 0.458 e. The van der Waals surface area contributed by atoms with E-state index < -0.39 is 0 Å². The average Bonchev–Trinajstić information content (AvgIpc) is 3.37. The molecule has 2 aliphatic carbocycles. The maximum absolute atomic E-state index is 12.2. The molecule has 2 aliphatic rings. The molecule has 2 fully saturated rings. The Morgan fingerprint density at radius 2 is 2.00 bits per heavy atom. The highest BCUT2D eigenvalue weighted by Gasteiger charge is 2.39. The van der Waals surface area contributed by atoms with Crippen molar-refractivity contribution in [1.82, 2.24) is 0 Å². The second-order valence-corrected chi connectivity index (χ2v) is 9.77. The predicted octanol–water partition coefficient (Wildman–Crippen LogP) is 7.82. The highest BCUT2D eigenvalue weighted by atomic mass is 16.5. The SMILES string of the molecule is CC#CCC(C)C/C=C/C1CCC2C/C(=C\CCCC(=O)OC(C)c3ccccc3)CC12. The minimum absolute atomic E-state index is 0.0904. The van der Waals surface area contributed by atoms with E-state index in [1.165, 1.54) is 25.7 Å². The molecule has 2 nitrogen and oxygen atoms in total. The minimum atomic E-state index is -0.177. The van der Waals surface area contributed by atoms with Gasteiger partial charge in [-0.05, 0) is 88.0 Å². The normalized spacial score (nSPS) is 25.3. The van der Waals surface area contributed by atoms with Gasteiger partial charge in [-0.15, -0.1) is 11.8 Å². The molecule has 5 atom stereocenters. The zero-order valence-corrected chi connectivity index (χ0v) is 20.2. The summed E-state index contributed by atoms with van der Waals surface area (Å²) in [5.41, 5.74) is 2.67. The van der Waals surface area contributed by atoms with E-state index in [1.54, 1.807) is 5.57 Å². The van der Waals surface area contributed by atoms with Crippen LogP contribution in [0.2, 0.25) is 0 Å². The van der Waals surface area contributed by atoms with Crippen LogP contribution < -0.4 is 0 Å². The van der Waals surface area contributed by atoms with Crippen LogP contribution in [0.4, 0.5) is 0 Å². The average molecular weight is 433 g/mol. The fourth-order valence-electron chi connectivity index (χ4n) is 5.33. The van der Waals surface area contributed by atoms with Gasteiger partial charge in [-0.3, -0.25) is 4.79 Å². The van der Waals surface area contributed by atoms with Gasteiger partial charge in [0.1, 0.15) is 6.10 Å². The molecule has 1 aromatic rings. The molecule has 0 amide bonds. The van der Waals surface area contributed by atoms with E-state index in [0.29, 0.717) is 12.3 Å².